The molecule has 7 heteroatoms. The molecule has 0 radical (unpaired) electrons. The van der Waals surface area contributed by atoms with Gasteiger partial charge in [0.05, 0.1) is 12.7 Å². The molecule has 1 fully saturated rings. The number of nitrogens with zero attached hydrogens (tertiary/aromatic N) is 2. The monoisotopic (exact) mass is 428 g/mol. The van der Waals surface area contributed by atoms with E-state index < -0.39 is 0 Å². The highest BCUT2D eigenvalue weighted by Crippen LogP contribution is 2.09. The Kier molecular flexibility index (Phi) is 7.85. The molecule has 23 heavy (non-hydrogen) atoms. The molecule has 1 aromatic carbocycles. The van der Waals surface area contributed by atoms with Crippen LogP contribution in [0.3, 0.4) is 0 Å². The van der Waals surface area contributed by atoms with Crippen molar-refractivity contribution in [2.75, 3.05) is 31.6 Å². The van der Waals surface area contributed by atoms with E-state index in [1.54, 1.807) is 24.3 Å². The van der Waals surface area contributed by atoms with Crippen molar-refractivity contribution in [3.8, 4) is 12.3 Å². The van der Waals surface area contributed by atoms with Gasteiger partial charge in [-0.3, -0.25) is 4.79 Å². The van der Waals surface area contributed by atoms with E-state index in [2.05, 4.69) is 16.2 Å². The molecule has 1 saturated heterocycles. The fraction of sp³-hybridized carbons (Fsp3) is 0.375. The number of hydrogen-bond acceptors (Lipinski definition) is 3. The molecule has 6 nitrogen and oxygen atoms in total. The molecule has 2 rings (SSSR count). The minimum Gasteiger partial charge on any atom is -0.375 e. The van der Waals surface area contributed by atoms with E-state index in [0.717, 1.165) is 0 Å². The molecule has 0 aliphatic carbocycles. The maximum Gasteiger partial charge on any atom is 0.246 e. The maximum atomic E-state index is 11.9. The number of nitrogens with one attached hydrogen (secondary N) is 1. The van der Waals surface area contributed by atoms with Crippen LogP contribution in [-0.4, -0.2) is 49.1 Å². The van der Waals surface area contributed by atoms with Crippen LogP contribution < -0.4 is 11.1 Å². The summed E-state index contributed by atoms with van der Waals surface area (Å²) in [6.45, 7) is 3.93. The molecule has 1 heterocycles. The summed E-state index contributed by atoms with van der Waals surface area (Å²) in [5.41, 5.74) is 7.27. The van der Waals surface area contributed by atoms with Crippen LogP contribution in [0.2, 0.25) is 0 Å². The topological polar surface area (TPSA) is 80.0 Å². The van der Waals surface area contributed by atoms with E-state index in [0.29, 0.717) is 36.9 Å². The Hall–Kier alpha value is -1.79. The van der Waals surface area contributed by atoms with Crippen molar-refractivity contribution in [3.05, 3.63) is 29.8 Å². The van der Waals surface area contributed by atoms with Crippen LogP contribution in [0.4, 0.5) is 5.69 Å². The highest BCUT2D eigenvalue weighted by molar-refractivity contribution is 14.0. The van der Waals surface area contributed by atoms with Gasteiger partial charge in [-0.2, -0.15) is 0 Å². The SMILES string of the molecule is C#Cc1cccc(NC(=O)CN=C(N)N2CCOC(C)C2)c1.I. The van der Waals surface area contributed by atoms with Crippen molar-refractivity contribution < 1.29 is 9.53 Å². The van der Waals surface area contributed by atoms with Gasteiger partial charge >= 0.3 is 0 Å². The van der Waals surface area contributed by atoms with E-state index in [1.165, 1.54) is 0 Å². The third kappa shape index (κ3) is 6.08. The van der Waals surface area contributed by atoms with Crippen molar-refractivity contribution in [1.29, 1.82) is 0 Å². The number of nitrogens with two attached hydrogens (primary N) is 1. The highest BCUT2D eigenvalue weighted by atomic mass is 127. The summed E-state index contributed by atoms with van der Waals surface area (Å²) in [6.07, 6.45) is 5.44. The lowest BCUT2D eigenvalue weighted by atomic mass is 10.2. The molecule has 1 aliphatic heterocycles. The average molecular weight is 428 g/mol. The van der Waals surface area contributed by atoms with Gasteiger partial charge < -0.3 is 20.7 Å². The number of ether oxygens (including phenoxy) is 1. The predicted octanol–water partition coefficient (Wildman–Crippen LogP) is 1.26. The van der Waals surface area contributed by atoms with Gasteiger partial charge in [0.25, 0.3) is 0 Å². The van der Waals surface area contributed by atoms with Crippen molar-refractivity contribution in [2.24, 2.45) is 10.7 Å². The van der Waals surface area contributed by atoms with E-state index in [4.69, 9.17) is 16.9 Å². The number of guanidine groups is 1. The number of anilines is 1. The summed E-state index contributed by atoms with van der Waals surface area (Å²) in [5.74, 6) is 2.65. The molecule has 1 aliphatic rings. The fourth-order valence-corrected chi connectivity index (χ4v) is 2.17. The number of morpholine rings is 1. The summed E-state index contributed by atoms with van der Waals surface area (Å²) < 4.78 is 5.44. The molecule has 1 amide bonds. The Morgan fingerprint density at radius 1 is 1.61 bits per heavy atom. The first kappa shape index (κ1) is 19.3. The maximum absolute atomic E-state index is 11.9. The molecule has 1 atom stereocenters. The third-order valence-electron chi connectivity index (χ3n) is 3.26. The second-order valence-corrected chi connectivity index (χ2v) is 5.08. The van der Waals surface area contributed by atoms with Crippen LogP contribution in [-0.2, 0) is 9.53 Å². The van der Waals surface area contributed by atoms with Gasteiger partial charge in [0.15, 0.2) is 5.96 Å². The van der Waals surface area contributed by atoms with Crippen LogP contribution in [0.15, 0.2) is 29.3 Å². The van der Waals surface area contributed by atoms with E-state index in [-0.39, 0.29) is 42.5 Å². The van der Waals surface area contributed by atoms with E-state index >= 15 is 0 Å². The molecule has 1 unspecified atom stereocenters. The van der Waals surface area contributed by atoms with Crippen LogP contribution in [0.5, 0.6) is 0 Å². The van der Waals surface area contributed by atoms with Gasteiger partial charge in [-0.15, -0.1) is 30.4 Å². The lowest BCUT2D eigenvalue weighted by Crippen LogP contribution is -2.48. The number of rotatable bonds is 3. The van der Waals surface area contributed by atoms with Crippen LogP contribution in [0.25, 0.3) is 0 Å². The number of benzene rings is 1. The van der Waals surface area contributed by atoms with Gasteiger partial charge in [0.1, 0.15) is 6.54 Å². The third-order valence-corrected chi connectivity index (χ3v) is 3.26. The number of carbonyl (C=O) groups is 1. The van der Waals surface area contributed by atoms with Crippen LogP contribution >= 0.6 is 24.0 Å². The lowest BCUT2D eigenvalue weighted by Gasteiger charge is -2.31. The van der Waals surface area contributed by atoms with Crippen LogP contribution in [0.1, 0.15) is 12.5 Å². The lowest BCUT2D eigenvalue weighted by molar-refractivity contribution is -0.114. The zero-order valence-corrected chi connectivity index (χ0v) is 15.3. The van der Waals surface area contributed by atoms with Crippen molar-refractivity contribution >= 4 is 41.5 Å². The van der Waals surface area contributed by atoms with Gasteiger partial charge in [-0.1, -0.05) is 12.0 Å². The summed E-state index contributed by atoms with van der Waals surface area (Å²) >= 11 is 0. The van der Waals surface area contributed by atoms with E-state index in [9.17, 15) is 4.79 Å². The summed E-state index contributed by atoms with van der Waals surface area (Å²) in [4.78, 5) is 17.9. The summed E-state index contributed by atoms with van der Waals surface area (Å²) in [7, 11) is 0. The van der Waals surface area contributed by atoms with Crippen molar-refractivity contribution in [3.63, 3.8) is 0 Å². The average Bonchev–Trinajstić information content (AvgIpc) is 2.52. The standard InChI is InChI=1S/C16H20N4O2.HI/c1-3-13-5-4-6-14(9-13)19-15(21)10-18-16(17)20-7-8-22-12(2)11-20;/h1,4-6,9,12H,7-8,10-11H2,2H3,(H2,17,18)(H,19,21);1H. The second-order valence-electron chi connectivity index (χ2n) is 5.08. The van der Waals surface area contributed by atoms with Gasteiger partial charge in [-0.05, 0) is 25.1 Å². The molecule has 0 aromatic heterocycles. The van der Waals surface area contributed by atoms with Crippen LogP contribution in [0, 0.1) is 12.3 Å². The minimum atomic E-state index is -0.238. The molecule has 0 spiro atoms. The number of halogens is 1. The zero-order chi connectivity index (χ0) is 15.9. The molecule has 0 saturated carbocycles. The molecule has 124 valence electrons. The van der Waals surface area contributed by atoms with Crippen molar-refractivity contribution in [2.45, 2.75) is 13.0 Å². The Labute approximate surface area is 153 Å². The first-order chi connectivity index (χ1) is 10.6. The molecule has 0 bridgehead atoms. The first-order valence-corrected chi connectivity index (χ1v) is 7.11. The van der Waals surface area contributed by atoms with Gasteiger partial charge in [0, 0.05) is 24.3 Å². The quantitative estimate of drug-likeness (QED) is 0.329. The number of terminal acetylenes is 1. The Morgan fingerprint density at radius 2 is 2.39 bits per heavy atom. The Balaban J connectivity index is 0.00000264. The highest BCUT2D eigenvalue weighted by Gasteiger charge is 2.18. The van der Waals surface area contributed by atoms with E-state index in [1.807, 2.05) is 11.8 Å². The molecule has 1 aromatic rings. The summed E-state index contributed by atoms with van der Waals surface area (Å²) in [5, 5.41) is 2.74. The molecular weight excluding hydrogens is 407 g/mol. The smallest absolute Gasteiger partial charge is 0.246 e. The number of hydrogen-bond donors (Lipinski definition) is 2. The molecular formula is C16H21IN4O2. The van der Waals surface area contributed by atoms with Crippen molar-refractivity contribution in [1.82, 2.24) is 4.90 Å². The molecule has 3 N–H and O–H groups in total. The fourth-order valence-electron chi connectivity index (χ4n) is 2.17. The van der Waals surface area contributed by atoms with Gasteiger partial charge in [-0.25, -0.2) is 4.99 Å². The number of carbonyl (C=O) groups excluding carboxylic acids is 1. The number of aliphatic imine (C=N–C) groups is 1. The number of amides is 1. The minimum absolute atomic E-state index is 0. The first-order valence-electron chi connectivity index (χ1n) is 7.11. The Morgan fingerprint density at radius 3 is 3.09 bits per heavy atom. The summed E-state index contributed by atoms with van der Waals surface area (Å²) in [6, 6.07) is 7.09. The normalized spacial score (nSPS) is 17.8. The predicted molar refractivity (Wildman–Crippen MR) is 102 cm³/mol. The second kappa shape index (κ2) is 9.37. The largest absolute Gasteiger partial charge is 0.375 e. The zero-order valence-electron chi connectivity index (χ0n) is 13.0. The van der Waals surface area contributed by atoms with Gasteiger partial charge in [0.2, 0.25) is 5.91 Å². The Bertz CT molecular complexity index is 612.